The highest BCUT2D eigenvalue weighted by Gasteiger charge is 2.16. The summed E-state index contributed by atoms with van der Waals surface area (Å²) in [7, 11) is 0. The zero-order valence-electron chi connectivity index (χ0n) is 17.2. The maximum atomic E-state index is 12.0. The molecule has 0 spiro atoms. The summed E-state index contributed by atoms with van der Waals surface area (Å²) in [5.41, 5.74) is 2.22. The molecule has 156 valence electrons. The van der Waals surface area contributed by atoms with E-state index < -0.39 is 0 Å². The number of hydrogen-bond donors (Lipinski definition) is 2. The predicted molar refractivity (Wildman–Crippen MR) is 117 cm³/mol. The van der Waals surface area contributed by atoms with Gasteiger partial charge in [0.05, 0.1) is 0 Å². The van der Waals surface area contributed by atoms with Crippen molar-refractivity contribution >= 4 is 5.91 Å². The van der Waals surface area contributed by atoms with Gasteiger partial charge < -0.3 is 15.3 Å². The van der Waals surface area contributed by atoms with Crippen molar-refractivity contribution in [1.29, 1.82) is 0 Å². The van der Waals surface area contributed by atoms with Crippen molar-refractivity contribution in [3.8, 4) is 5.75 Å². The van der Waals surface area contributed by atoms with Gasteiger partial charge in [0.2, 0.25) is 5.91 Å². The molecule has 29 heavy (non-hydrogen) atoms. The average molecular weight is 396 g/mol. The second-order valence-electron chi connectivity index (χ2n) is 7.79. The number of piperazine rings is 1. The van der Waals surface area contributed by atoms with Crippen molar-refractivity contribution in [3.05, 3.63) is 65.7 Å². The highest BCUT2D eigenvalue weighted by atomic mass is 16.3. The van der Waals surface area contributed by atoms with Crippen molar-refractivity contribution in [1.82, 2.24) is 15.1 Å². The van der Waals surface area contributed by atoms with Gasteiger partial charge in [0.15, 0.2) is 0 Å². The molecule has 0 aliphatic carbocycles. The standard InChI is InChI=1S/C24H33N3O2/c28-23-11-5-4-10-22(23)12-13-24(29)25-14-6-7-15-26-16-18-27(19-17-26)20-21-8-2-1-3-9-21/h1-5,8-11,28H,6-7,12-20H2,(H,25,29). The van der Waals surface area contributed by atoms with E-state index in [4.69, 9.17) is 0 Å². The van der Waals surface area contributed by atoms with Gasteiger partial charge in [-0.05, 0) is 43.0 Å². The Hall–Kier alpha value is -2.37. The number of aryl methyl sites for hydroxylation is 1. The topological polar surface area (TPSA) is 55.8 Å². The molecule has 1 aliphatic rings. The Morgan fingerprint density at radius 1 is 0.897 bits per heavy atom. The van der Waals surface area contributed by atoms with E-state index in [0.29, 0.717) is 12.8 Å². The zero-order chi connectivity index (χ0) is 20.3. The summed E-state index contributed by atoms with van der Waals surface area (Å²) in [6.45, 7) is 7.37. The third kappa shape index (κ3) is 7.52. The molecule has 1 fully saturated rings. The number of nitrogens with zero attached hydrogens (tertiary/aromatic N) is 2. The Morgan fingerprint density at radius 3 is 2.34 bits per heavy atom. The molecular formula is C24H33N3O2. The summed E-state index contributed by atoms with van der Waals surface area (Å²) >= 11 is 0. The Labute approximate surface area is 174 Å². The molecule has 2 aromatic carbocycles. The lowest BCUT2D eigenvalue weighted by Gasteiger charge is -2.34. The number of nitrogens with one attached hydrogen (secondary N) is 1. The second kappa shape index (κ2) is 11.6. The summed E-state index contributed by atoms with van der Waals surface area (Å²) in [5, 5.41) is 12.7. The summed E-state index contributed by atoms with van der Waals surface area (Å²) in [6, 6.07) is 17.9. The van der Waals surface area contributed by atoms with E-state index in [0.717, 1.165) is 64.2 Å². The largest absolute Gasteiger partial charge is 0.508 e. The van der Waals surface area contributed by atoms with Gasteiger partial charge in [-0.3, -0.25) is 9.69 Å². The van der Waals surface area contributed by atoms with Crippen LogP contribution in [0.25, 0.3) is 0 Å². The summed E-state index contributed by atoms with van der Waals surface area (Å²) in [6.07, 6.45) is 3.11. The minimum absolute atomic E-state index is 0.0581. The predicted octanol–water partition coefficient (Wildman–Crippen LogP) is 3.04. The molecule has 2 N–H and O–H groups in total. The third-order valence-corrected chi connectivity index (χ3v) is 5.55. The number of phenols is 1. The van der Waals surface area contributed by atoms with E-state index in [1.165, 1.54) is 5.56 Å². The number of aromatic hydroxyl groups is 1. The molecule has 5 nitrogen and oxygen atoms in total. The number of benzene rings is 2. The van der Waals surface area contributed by atoms with Gasteiger partial charge >= 0.3 is 0 Å². The third-order valence-electron chi connectivity index (χ3n) is 5.55. The Balaban J connectivity index is 1.21. The molecule has 0 unspecified atom stereocenters. The van der Waals surface area contributed by atoms with Crippen molar-refractivity contribution in [3.63, 3.8) is 0 Å². The molecule has 0 saturated carbocycles. The van der Waals surface area contributed by atoms with Crippen LogP contribution < -0.4 is 5.32 Å². The monoisotopic (exact) mass is 395 g/mol. The molecule has 3 rings (SSSR count). The van der Waals surface area contributed by atoms with Crippen molar-refractivity contribution in [2.75, 3.05) is 39.3 Å². The van der Waals surface area contributed by atoms with Crippen LogP contribution in [0.3, 0.4) is 0 Å². The van der Waals surface area contributed by atoms with E-state index in [1.54, 1.807) is 12.1 Å². The van der Waals surface area contributed by atoms with Crippen LogP contribution in [0.2, 0.25) is 0 Å². The van der Waals surface area contributed by atoms with E-state index in [9.17, 15) is 9.90 Å². The van der Waals surface area contributed by atoms with Gasteiger partial charge in [0, 0.05) is 45.7 Å². The molecule has 0 bridgehead atoms. The smallest absolute Gasteiger partial charge is 0.220 e. The van der Waals surface area contributed by atoms with Gasteiger partial charge in [-0.1, -0.05) is 48.5 Å². The minimum Gasteiger partial charge on any atom is -0.508 e. The first-order chi connectivity index (χ1) is 14.2. The Bertz CT molecular complexity index is 743. The first-order valence-corrected chi connectivity index (χ1v) is 10.7. The van der Waals surface area contributed by atoms with Gasteiger partial charge in [-0.25, -0.2) is 0 Å². The lowest BCUT2D eigenvalue weighted by atomic mass is 10.1. The van der Waals surface area contributed by atoms with Crippen molar-refractivity contribution in [2.45, 2.75) is 32.2 Å². The van der Waals surface area contributed by atoms with Gasteiger partial charge in [0.1, 0.15) is 5.75 Å². The number of amides is 1. The van der Waals surface area contributed by atoms with Crippen LogP contribution in [0, 0.1) is 0 Å². The molecule has 2 aromatic rings. The molecule has 1 heterocycles. The van der Waals surface area contributed by atoms with Crippen LogP contribution in [0.1, 0.15) is 30.4 Å². The molecule has 0 aromatic heterocycles. The summed E-state index contributed by atoms with van der Waals surface area (Å²) in [4.78, 5) is 17.0. The molecule has 5 heteroatoms. The fourth-order valence-corrected chi connectivity index (χ4v) is 3.76. The lowest BCUT2D eigenvalue weighted by molar-refractivity contribution is -0.121. The maximum absolute atomic E-state index is 12.0. The SMILES string of the molecule is O=C(CCc1ccccc1O)NCCCCN1CCN(Cc2ccccc2)CC1. The summed E-state index contributed by atoms with van der Waals surface area (Å²) < 4.78 is 0. The number of para-hydroxylation sites is 1. The van der Waals surface area contributed by atoms with E-state index in [1.807, 2.05) is 12.1 Å². The number of carbonyl (C=O) groups is 1. The Kier molecular flexibility index (Phi) is 8.53. The van der Waals surface area contributed by atoms with Gasteiger partial charge in [-0.15, -0.1) is 0 Å². The van der Waals surface area contributed by atoms with Crippen molar-refractivity contribution < 1.29 is 9.90 Å². The average Bonchev–Trinajstić information content (AvgIpc) is 2.75. The number of unbranched alkanes of at least 4 members (excludes halogenated alkanes) is 1. The van der Waals surface area contributed by atoms with Crippen molar-refractivity contribution in [2.24, 2.45) is 0 Å². The fraction of sp³-hybridized carbons (Fsp3) is 0.458. The first-order valence-electron chi connectivity index (χ1n) is 10.7. The number of hydrogen-bond acceptors (Lipinski definition) is 4. The normalized spacial score (nSPS) is 15.3. The Morgan fingerprint density at radius 2 is 1.59 bits per heavy atom. The first kappa shape index (κ1) is 21.3. The van der Waals surface area contributed by atoms with Crippen LogP contribution in [0.15, 0.2) is 54.6 Å². The molecule has 1 aliphatic heterocycles. The van der Waals surface area contributed by atoms with Crippen LogP contribution in [-0.4, -0.2) is 60.1 Å². The minimum atomic E-state index is 0.0581. The number of rotatable bonds is 10. The van der Waals surface area contributed by atoms with E-state index >= 15 is 0 Å². The lowest BCUT2D eigenvalue weighted by Crippen LogP contribution is -2.46. The molecule has 1 amide bonds. The molecule has 1 saturated heterocycles. The number of phenolic OH excluding ortho intramolecular Hbond substituents is 1. The molecular weight excluding hydrogens is 362 g/mol. The second-order valence-corrected chi connectivity index (χ2v) is 7.79. The van der Waals surface area contributed by atoms with Gasteiger partial charge in [-0.2, -0.15) is 0 Å². The van der Waals surface area contributed by atoms with E-state index in [2.05, 4.69) is 45.4 Å². The number of carbonyl (C=O) groups excluding carboxylic acids is 1. The van der Waals surface area contributed by atoms with E-state index in [-0.39, 0.29) is 11.7 Å². The van der Waals surface area contributed by atoms with Crippen LogP contribution >= 0.6 is 0 Å². The molecule has 0 radical (unpaired) electrons. The highest BCUT2D eigenvalue weighted by Crippen LogP contribution is 2.17. The highest BCUT2D eigenvalue weighted by molar-refractivity contribution is 5.76. The fourth-order valence-electron chi connectivity index (χ4n) is 3.76. The zero-order valence-corrected chi connectivity index (χ0v) is 17.2. The summed E-state index contributed by atoms with van der Waals surface area (Å²) in [5.74, 6) is 0.326. The van der Waals surface area contributed by atoms with Crippen LogP contribution in [-0.2, 0) is 17.8 Å². The quantitative estimate of drug-likeness (QED) is 0.607. The molecule has 0 atom stereocenters. The maximum Gasteiger partial charge on any atom is 0.220 e. The van der Waals surface area contributed by atoms with Crippen LogP contribution in [0.5, 0.6) is 5.75 Å². The van der Waals surface area contributed by atoms with Gasteiger partial charge in [0.25, 0.3) is 0 Å². The van der Waals surface area contributed by atoms with Crippen LogP contribution in [0.4, 0.5) is 0 Å².